The molecule has 1 N–H and O–H groups in total. The summed E-state index contributed by atoms with van der Waals surface area (Å²) < 4.78 is 0. The van der Waals surface area contributed by atoms with Crippen LogP contribution in [0.15, 0.2) is 36.5 Å². The Labute approximate surface area is 122 Å². The molecule has 2 rings (SSSR count). The maximum atomic E-state index is 4.60. The predicted molar refractivity (Wildman–Crippen MR) is 85.3 cm³/mol. The maximum absolute atomic E-state index is 4.60. The Balaban J connectivity index is 2.28. The average molecular weight is 268 g/mol. The van der Waals surface area contributed by atoms with E-state index in [-0.39, 0.29) is 0 Å². The number of pyridine rings is 1. The number of nitrogens with one attached hydrogen (secondary N) is 1. The van der Waals surface area contributed by atoms with Crippen LogP contribution in [0.1, 0.15) is 33.9 Å². The Morgan fingerprint density at radius 3 is 2.55 bits per heavy atom. The normalized spacial score (nSPS) is 12.4. The standard InChI is InChI=1S/C18H24N2/c1-13-7-8-16(15(3)10-13)11-17(12-19-4)18-14(2)6-5-9-20-18/h5-10,17,19H,11-12H2,1-4H3. The van der Waals surface area contributed by atoms with Crippen molar-refractivity contribution in [2.75, 3.05) is 13.6 Å². The Hall–Kier alpha value is -1.67. The molecule has 0 aliphatic heterocycles. The van der Waals surface area contributed by atoms with Crippen molar-refractivity contribution >= 4 is 0 Å². The Morgan fingerprint density at radius 1 is 1.10 bits per heavy atom. The zero-order chi connectivity index (χ0) is 14.5. The van der Waals surface area contributed by atoms with Gasteiger partial charge in [-0.05, 0) is 57.0 Å². The molecule has 0 bridgehead atoms. The van der Waals surface area contributed by atoms with E-state index in [2.05, 4.69) is 55.3 Å². The molecule has 2 nitrogen and oxygen atoms in total. The van der Waals surface area contributed by atoms with E-state index < -0.39 is 0 Å². The molecule has 1 aromatic heterocycles. The summed E-state index contributed by atoms with van der Waals surface area (Å²) >= 11 is 0. The summed E-state index contributed by atoms with van der Waals surface area (Å²) in [5.41, 5.74) is 6.60. The zero-order valence-corrected chi connectivity index (χ0v) is 12.9. The first kappa shape index (κ1) is 14.7. The third-order valence-electron chi connectivity index (χ3n) is 3.85. The van der Waals surface area contributed by atoms with Crippen LogP contribution in [0.4, 0.5) is 0 Å². The van der Waals surface area contributed by atoms with Crippen LogP contribution in [-0.2, 0) is 6.42 Å². The Bertz CT molecular complexity index is 575. The molecule has 0 spiro atoms. The van der Waals surface area contributed by atoms with Gasteiger partial charge in [0, 0.05) is 24.4 Å². The number of hydrogen-bond acceptors (Lipinski definition) is 2. The van der Waals surface area contributed by atoms with Gasteiger partial charge in [0.15, 0.2) is 0 Å². The van der Waals surface area contributed by atoms with Crippen LogP contribution >= 0.6 is 0 Å². The number of aryl methyl sites for hydroxylation is 3. The lowest BCUT2D eigenvalue weighted by Crippen LogP contribution is -2.21. The van der Waals surface area contributed by atoms with Gasteiger partial charge in [0.05, 0.1) is 0 Å². The quantitative estimate of drug-likeness (QED) is 0.897. The topological polar surface area (TPSA) is 24.9 Å². The van der Waals surface area contributed by atoms with E-state index in [0.29, 0.717) is 5.92 Å². The molecular weight excluding hydrogens is 244 g/mol. The Morgan fingerprint density at radius 2 is 1.90 bits per heavy atom. The molecule has 0 fully saturated rings. The lowest BCUT2D eigenvalue weighted by atomic mass is 9.90. The number of benzene rings is 1. The van der Waals surface area contributed by atoms with Crippen molar-refractivity contribution in [3.63, 3.8) is 0 Å². The summed E-state index contributed by atoms with van der Waals surface area (Å²) in [6, 6.07) is 10.9. The molecule has 106 valence electrons. The molecule has 0 radical (unpaired) electrons. The minimum Gasteiger partial charge on any atom is -0.319 e. The van der Waals surface area contributed by atoms with E-state index in [1.165, 1.54) is 27.9 Å². The van der Waals surface area contributed by atoms with Gasteiger partial charge in [-0.15, -0.1) is 0 Å². The van der Waals surface area contributed by atoms with Gasteiger partial charge in [-0.1, -0.05) is 29.8 Å². The molecule has 1 atom stereocenters. The van der Waals surface area contributed by atoms with Crippen molar-refractivity contribution in [1.82, 2.24) is 10.3 Å². The molecule has 1 heterocycles. The molecule has 0 aliphatic carbocycles. The molecule has 0 amide bonds. The van der Waals surface area contributed by atoms with Crippen molar-refractivity contribution < 1.29 is 0 Å². The van der Waals surface area contributed by atoms with Gasteiger partial charge in [0.1, 0.15) is 0 Å². The zero-order valence-electron chi connectivity index (χ0n) is 12.9. The van der Waals surface area contributed by atoms with Crippen LogP contribution in [0.2, 0.25) is 0 Å². The van der Waals surface area contributed by atoms with Gasteiger partial charge in [0.25, 0.3) is 0 Å². The predicted octanol–water partition coefficient (Wildman–Crippen LogP) is 3.55. The molecule has 1 aromatic carbocycles. The highest BCUT2D eigenvalue weighted by atomic mass is 14.8. The minimum absolute atomic E-state index is 0.419. The van der Waals surface area contributed by atoms with Crippen molar-refractivity contribution in [3.8, 4) is 0 Å². The van der Waals surface area contributed by atoms with E-state index in [9.17, 15) is 0 Å². The molecule has 0 aliphatic rings. The van der Waals surface area contributed by atoms with Crippen LogP contribution in [0.25, 0.3) is 0 Å². The minimum atomic E-state index is 0.419. The van der Waals surface area contributed by atoms with Crippen LogP contribution in [0, 0.1) is 20.8 Å². The van der Waals surface area contributed by atoms with Gasteiger partial charge in [-0.2, -0.15) is 0 Å². The van der Waals surface area contributed by atoms with E-state index in [1.807, 2.05) is 19.3 Å². The summed E-state index contributed by atoms with van der Waals surface area (Å²) in [7, 11) is 2.01. The van der Waals surface area contributed by atoms with Crippen LogP contribution in [-0.4, -0.2) is 18.6 Å². The molecule has 2 heteroatoms. The number of hydrogen-bond donors (Lipinski definition) is 1. The Kier molecular flexibility index (Phi) is 4.91. The maximum Gasteiger partial charge on any atom is 0.0479 e. The molecule has 20 heavy (non-hydrogen) atoms. The van der Waals surface area contributed by atoms with Gasteiger partial charge < -0.3 is 5.32 Å². The van der Waals surface area contributed by atoms with Crippen LogP contribution in [0.3, 0.4) is 0 Å². The molecule has 0 saturated heterocycles. The van der Waals surface area contributed by atoms with Gasteiger partial charge in [0.2, 0.25) is 0 Å². The van der Waals surface area contributed by atoms with Crippen molar-refractivity contribution in [1.29, 1.82) is 0 Å². The monoisotopic (exact) mass is 268 g/mol. The first-order valence-corrected chi connectivity index (χ1v) is 7.24. The molecule has 0 saturated carbocycles. The van der Waals surface area contributed by atoms with E-state index in [0.717, 1.165) is 13.0 Å². The van der Waals surface area contributed by atoms with E-state index in [4.69, 9.17) is 0 Å². The fraction of sp³-hybridized carbons (Fsp3) is 0.389. The number of likely N-dealkylation sites (N-methyl/N-ethyl adjacent to an activating group) is 1. The first-order valence-electron chi connectivity index (χ1n) is 7.24. The highest BCUT2D eigenvalue weighted by Crippen LogP contribution is 2.23. The van der Waals surface area contributed by atoms with E-state index >= 15 is 0 Å². The average Bonchev–Trinajstić information content (AvgIpc) is 2.42. The molecule has 2 aromatic rings. The summed E-state index contributed by atoms with van der Waals surface area (Å²) in [6.07, 6.45) is 2.93. The highest BCUT2D eigenvalue weighted by Gasteiger charge is 2.16. The second-order valence-electron chi connectivity index (χ2n) is 5.59. The van der Waals surface area contributed by atoms with Crippen molar-refractivity contribution in [2.24, 2.45) is 0 Å². The number of aromatic nitrogens is 1. The third kappa shape index (κ3) is 3.45. The van der Waals surface area contributed by atoms with Crippen molar-refractivity contribution in [2.45, 2.75) is 33.1 Å². The number of rotatable bonds is 5. The lowest BCUT2D eigenvalue weighted by Gasteiger charge is -2.19. The number of nitrogens with zero attached hydrogens (tertiary/aromatic N) is 1. The summed E-state index contributed by atoms with van der Waals surface area (Å²) in [4.78, 5) is 4.60. The largest absolute Gasteiger partial charge is 0.319 e. The summed E-state index contributed by atoms with van der Waals surface area (Å²) in [5, 5.41) is 3.30. The second-order valence-corrected chi connectivity index (χ2v) is 5.59. The van der Waals surface area contributed by atoms with Crippen LogP contribution in [0.5, 0.6) is 0 Å². The highest BCUT2D eigenvalue weighted by molar-refractivity contribution is 5.33. The molecule has 1 unspecified atom stereocenters. The van der Waals surface area contributed by atoms with Gasteiger partial charge in [-0.25, -0.2) is 0 Å². The third-order valence-corrected chi connectivity index (χ3v) is 3.85. The van der Waals surface area contributed by atoms with Gasteiger partial charge in [-0.3, -0.25) is 4.98 Å². The summed E-state index contributed by atoms with van der Waals surface area (Å²) in [6.45, 7) is 7.44. The lowest BCUT2D eigenvalue weighted by molar-refractivity contribution is 0.606. The first-order chi connectivity index (χ1) is 9.61. The van der Waals surface area contributed by atoms with Crippen LogP contribution < -0.4 is 5.32 Å². The molecular formula is C18H24N2. The SMILES string of the molecule is CNCC(Cc1ccc(C)cc1C)c1ncccc1C. The van der Waals surface area contributed by atoms with E-state index in [1.54, 1.807) is 0 Å². The smallest absolute Gasteiger partial charge is 0.0479 e. The fourth-order valence-corrected chi connectivity index (χ4v) is 2.78. The second kappa shape index (κ2) is 6.67. The summed E-state index contributed by atoms with van der Waals surface area (Å²) in [5.74, 6) is 0.419. The fourth-order valence-electron chi connectivity index (χ4n) is 2.78. The van der Waals surface area contributed by atoms with Crippen molar-refractivity contribution in [3.05, 3.63) is 64.5 Å². The van der Waals surface area contributed by atoms with Gasteiger partial charge >= 0.3 is 0 Å².